The van der Waals surface area contributed by atoms with Gasteiger partial charge in [-0.25, -0.2) is 9.97 Å². The molecule has 1 aliphatic rings. The fourth-order valence-electron chi connectivity index (χ4n) is 3.25. The van der Waals surface area contributed by atoms with E-state index in [1.165, 1.54) is 55.4 Å². The van der Waals surface area contributed by atoms with Crippen molar-refractivity contribution in [2.75, 3.05) is 11.5 Å². The minimum absolute atomic E-state index is 0.593. The highest BCUT2D eigenvalue weighted by Crippen LogP contribution is 2.43. The van der Waals surface area contributed by atoms with Gasteiger partial charge in [-0.1, -0.05) is 44.9 Å². The van der Waals surface area contributed by atoms with Gasteiger partial charge in [0.15, 0.2) is 5.16 Å². The first-order valence-corrected chi connectivity index (χ1v) is 10.2. The minimum atomic E-state index is 0.593. The number of nitrogens with two attached hydrogens (primary N) is 1. The van der Waals surface area contributed by atoms with Crippen molar-refractivity contribution >= 4 is 39.1 Å². The number of thiophene rings is 1. The summed E-state index contributed by atoms with van der Waals surface area (Å²) >= 11 is 3.59. The van der Waals surface area contributed by atoms with E-state index in [0.29, 0.717) is 11.7 Å². The molecule has 0 bridgehead atoms. The second-order valence-electron chi connectivity index (χ2n) is 6.21. The second-order valence-corrected chi connectivity index (χ2v) is 8.36. The van der Waals surface area contributed by atoms with Gasteiger partial charge in [-0.15, -0.1) is 11.3 Å². The quantitative estimate of drug-likeness (QED) is 0.437. The normalized spacial score (nSPS) is 17.8. The summed E-state index contributed by atoms with van der Waals surface area (Å²) < 4.78 is 0. The molecule has 0 fully saturated rings. The Morgan fingerprint density at radius 2 is 2.14 bits per heavy atom. The molecule has 0 saturated carbocycles. The number of anilines is 1. The molecule has 2 aromatic rings. The summed E-state index contributed by atoms with van der Waals surface area (Å²) in [6.07, 6.45) is 8.85. The molecule has 1 aliphatic carbocycles. The molecule has 120 valence electrons. The lowest BCUT2D eigenvalue weighted by atomic mass is 9.87. The molecule has 22 heavy (non-hydrogen) atoms. The average Bonchev–Trinajstić information content (AvgIpc) is 2.87. The first kappa shape index (κ1) is 16.1. The zero-order chi connectivity index (χ0) is 15.5. The van der Waals surface area contributed by atoms with Crippen LogP contribution in [0.25, 0.3) is 10.2 Å². The van der Waals surface area contributed by atoms with Gasteiger partial charge in [0.2, 0.25) is 0 Å². The molecule has 1 atom stereocenters. The Morgan fingerprint density at radius 3 is 2.95 bits per heavy atom. The third kappa shape index (κ3) is 3.25. The summed E-state index contributed by atoms with van der Waals surface area (Å²) in [5.41, 5.74) is 7.72. The van der Waals surface area contributed by atoms with Crippen LogP contribution in [0, 0.1) is 0 Å². The van der Waals surface area contributed by atoms with Crippen LogP contribution >= 0.6 is 23.1 Å². The van der Waals surface area contributed by atoms with Crippen LogP contribution in [0.4, 0.5) is 5.82 Å². The van der Waals surface area contributed by atoms with Crippen LogP contribution in [0.1, 0.15) is 68.7 Å². The van der Waals surface area contributed by atoms with Gasteiger partial charge in [0.1, 0.15) is 10.6 Å². The van der Waals surface area contributed by atoms with Crippen molar-refractivity contribution in [2.24, 2.45) is 0 Å². The molecular weight excluding hydrogens is 310 g/mol. The molecule has 0 spiro atoms. The van der Waals surface area contributed by atoms with Crippen LogP contribution in [0.3, 0.4) is 0 Å². The first-order valence-electron chi connectivity index (χ1n) is 8.42. The van der Waals surface area contributed by atoms with Gasteiger partial charge in [0.25, 0.3) is 0 Å². The third-order valence-corrected chi connectivity index (χ3v) is 6.53. The van der Waals surface area contributed by atoms with E-state index < -0.39 is 0 Å². The summed E-state index contributed by atoms with van der Waals surface area (Å²) in [6.45, 7) is 4.55. The van der Waals surface area contributed by atoms with Crippen molar-refractivity contribution in [2.45, 2.75) is 69.9 Å². The molecule has 0 aromatic carbocycles. The van der Waals surface area contributed by atoms with Crippen LogP contribution in [0.5, 0.6) is 0 Å². The molecule has 0 saturated heterocycles. The summed E-state index contributed by atoms with van der Waals surface area (Å²) in [6, 6.07) is 0. The van der Waals surface area contributed by atoms with Crippen molar-refractivity contribution in [3.05, 3.63) is 10.4 Å². The van der Waals surface area contributed by atoms with Gasteiger partial charge < -0.3 is 5.73 Å². The minimum Gasteiger partial charge on any atom is -0.383 e. The highest BCUT2D eigenvalue weighted by atomic mass is 32.2. The number of aryl methyl sites for hydroxylation is 1. The van der Waals surface area contributed by atoms with E-state index in [-0.39, 0.29) is 0 Å². The monoisotopic (exact) mass is 335 g/mol. The van der Waals surface area contributed by atoms with Crippen molar-refractivity contribution in [3.8, 4) is 0 Å². The van der Waals surface area contributed by atoms with Crippen LogP contribution < -0.4 is 5.73 Å². The lowest BCUT2D eigenvalue weighted by Gasteiger charge is -2.18. The topological polar surface area (TPSA) is 51.8 Å². The zero-order valence-corrected chi connectivity index (χ0v) is 15.2. The van der Waals surface area contributed by atoms with Crippen molar-refractivity contribution < 1.29 is 0 Å². The predicted octanol–water partition coefficient (Wildman–Crippen LogP) is 5.39. The van der Waals surface area contributed by atoms with Crippen molar-refractivity contribution in [1.82, 2.24) is 9.97 Å². The standard InChI is InChI=1S/C17H25N3S2/c1-3-4-5-6-10-21-17-19-15(18)14-13-11(2)8-7-9-12(13)22-16(14)20-17/h11H,3-10H2,1-2H3,(H2,18,19,20)/t11-/m1/s1. The zero-order valence-electron chi connectivity index (χ0n) is 13.5. The van der Waals surface area contributed by atoms with Gasteiger partial charge in [-0.3, -0.25) is 0 Å². The summed E-state index contributed by atoms with van der Waals surface area (Å²) in [5.74, 6) is 2.37. The maximum Gasteiger partial charge on any atom is 0.190 e. The van der Waals surface area contributed by atoms with Crippen molar-refractivity contribution in [3.63, 3.8) is 0 Å². The fraction of sp³-hybridized carbons (Fsp3) is 0.647. The van der Waals surface area contributed by atoms with E-state index in [4.69, 9.17) is 10.7 Å². The lowest BCUT2D eigenvalue weighted by molar-refractivity contribution is 0.602. The number of nitrogen functional groups attached to an aromatic ring is 1. The summed E-state index contributed by atoms with van der Waals surface area (Å²) in [7, 11) is 0. The molecule has 3 rings (SSSR count). The van der Waals surface area contributed by atoms with Crippen LogP contribution in [-0.2, 0) is 6.42 Å². The summed E-state index contributed by atoms with van der Waals surface area (Å²) in [5, 5.41) is 2.00. The van der Waals surface area contributed by atoms with E-state index in [2.05, 4.69) is 18.8 Å². The molecule has 2 N–H and O–H groups in total. The van der Waals surface area contributed by atoms with E-state index >= 15 is 0 Å². The number of hydrogen-bond acceptors (Lipinski definition) is 5. The van der Waals surface area contributed by atoms with Crippen LogP contribution in [0.15, 0.2) is 5.16 Å². The van der Waals surface area contributed by atoms with Gasteiger partial charge in [0.05, 0.1) is 5.39 Å². The SMILES string of the molecule is CCCCCCSc1nc(N)c2c3c(sc2n1)CCC[C@H]3C. The Balaban J connectivity index is 1.80. The number of thioether (sulfide) groups is 1. The van der Waals surface area contributed by atoms with Gasteiger partial charge in [-0.2, -0.15) is 0 Å². The van der Waals surface area contributed by atoms with Crippen molar-refractivity contribution in [1.29, 1.82) is 0 Å². The van der Waals surface area contributed by atoms with E-state index in [0.717, 1.165) is 21.1 Å². The molecule has 0 radical (unpaired) electrons. The maximum atomic E-state index is 6.28. The largest absolute Gasteiger partial charge is 0.383 e. The van der Waals surface area contributed by atoms with Crippen LogP contribution in [0.2, 0.25) is 0 Å². The lowest BCUT2D eigenvalue weighted by Crippen LogP contribution is -2.05. The predicted molar refractivity (Wildman–Crippen MR) is 98.0 cm³/mol. The highest BCUT2D eigenvalue weighted by Gasteiger charge is 2.24. The number of fused-ring (bicyclic) bond motifs is 3. The Hall–Kier alpha value is -0.810. The molecular formula is C17H25N3S2. The smallest absolute Gasteiger partial charge is 0.190 e. The number of unbranched alkanes of at least 4 members (excludes halogenated alkanes) is 3. The molecule has 0 aliphatic heterocycles. The Kier molecular flexibility index (Phi) is 5.24. The third-order valence-electron chi connectivity index (χ3n) is 4.44. The van der Waals surface area contributed by atoms with Gasteiger partial charge in [-0.05, 0) is 37.2 Å². The fourth-order valence-corrected chi connectivity index (χ4v) is 5.50. The van der Waals surface area contributed by atoms with E-state index in [1.807, 2.05) is 11.3 Å². The summed E-state index contributed by atoms with van der Waals surface area (Å²) in [4.78, 5) is 11.9. The average molecular weight is 336 g/mol. The number of aromatic nitrogens is 2. The second kappa shape index (κ2) is 7.18. The molecule has 5 heteroatoms. The van der Waals surface area contributed by atoms with Gasteiger partial charge >= 0.3 is 0 Å². The Bertz CT molecular complexity index is 651. The van der Waals surface area contributed by atoms with Crippen LogP contribution in [-0.4, -0.2) is 15.7 Å². The molecule has 2 aromatic heterocycles. The number of rotatable bonds is 6. The van der Waals surface area contributed by atoms with E-state index in [1.54, 1.807) is 11.8 Å². The molecule has 2 heterocycles. The van der Waals surface area contributed by atoms with E-state index in [9.17, 15) is 0 Å². The highest BCUT2D eigenvalue weighted by molar-refractivity contribution is 7.99. The first-order chi connectivity index (χ1) is 10.7. The Labute approximate surface area is 141 Å². The maximum absolute atomic E-state index is 6.28. The number of hydrogen-bond donors (Lipinski definition) is 1. The number of nitrogens with zero attached hydrogens (tertiary/aromatic N) is 2. The van der Waals surface area contributed by atoms with Gasteiger partial charge in [0, 0.05) is 10.6 Å². The molecule has 3 nitrogen and oxygen atoms in total. The Morgan fingerprint density at radius 1 is 1.27 bits per heavy atom. The molecule has 0 unspecified atom stereocenters. The molecule has 0 amide bonds.